The number of nitrogens with zero attached hydrogens (tertiary/aromatic N) is 4. The summed E-state index contributed by atoms with van der Waals surface area (Å²) in [7, 11) is 0. The zero-order valence-electron chi connectivity index (χ0n) is 17.6. The molecule has 1 aromatic heterocycles. The Labute approximate surface area is 175 Å². The lowest BCUT2D eigenvalue weighted by Gasteiger charge is -2.57. The standard InChI is InChI=1S/C22H32F2N4O2/c1-21-8-6-15-14-7-9-22(30,20(23)24)10-13(14)2-3-16(15)17(21)4-5-18(21)19(29)11-28-26-12-25-27-28/h12-18,20,30H,2-11H2,1H3/t13-,14-,15+,16+,17?,18+,21-,22+/m0/s1. The van der Waals surface area contributed by atoms with E-state index >= 15 is 0 Å². The van der Waals surface area contributed by atoms with Gasteiger partial charge in [-0.15, -0.1) is 10.2 Å². The molecule has 0 aliphatic heterocycles. The zero-order chi connectivity index (χ0) is 21.1. The second-order valence-electron chi connectivity index (χ2n) is 10.7. The minimum atomic E-state index is -2.65. The quantitative estimate of drug-likeness (QED) is 0.803. The van der Waals surface area contributed by atoms with Crippen LogP contribution in [0.5, 0.6) is 0 Å². The van der Waals surface area contributed by atoms with Crippen molar-refractivity contribution in [1.82, 2.24) is 20.2 Å². The monoisotopic (exact) mass is 422 g/mol. The zero-order valence-corrected chi connectivity index (χ0v) is 17.6. The minimum absolute atomic E-state index is 0.0179. The number of carbonyl (C=O) groups is 1. The molecule has 0 amide bonds. The Morgan fingerprint density at radius 2 is 1.93 bits per heavy atom. The number of carbonyl (C=O) groups excluding carboxylic acids is 1. The summed E-state index contributed by atoms with van der Waals surface area (Å²) in [4.78, 5) is 14.4. The van der Waals surface area contributed by atoms with Crippen LogP contribution in [-0.2, 0) is 11.3 Å². The number of tetrazole rings is 1. The largest absolute Gasteiger partial charge is 0.384 e. The van der Waals surface area contributed by atoms with Crippen LogP contribution in [0.15, 0.2) is 6.33 Å². The maximum Gasteiger partial charge on any atom is 0.266 e. The molecule has 4 fully saturated rings. The second-order valence-corrected chi connectivity index (χ2v) is 10.7. The molecule has 0 aromatic carbocycles. The fraction of sp³-hybridized carbons (Fsp3) is 0.909. The van der Waals surface area contributed by atoms with Crippen molar-refractivity contribution in [2.24, 2.45) is 40.9 Å². The first-order valence-corrected chi connectivity index (χ1v) is 11.6. The number of aromatic nitrogens is 4. The summed E-state index contributed by atoms with van der Waals surface area (Å²) in [6.45, 7) is 2.50. The molecule has 0 bridgehead atoms. The molecule has 4 saturated carbocycles. The number of alkyl halides is 2. The van der Waals surface area contributed by atoms with E-state index in [1.54, 1.807) is 0 Å². The normalized spacial score (nSPS) is 45.6. The van der Waals surface area contributed by atoms with Crippen molar-refractivity contribution in [2.45, 2.75) is 83.3 Å². The lowest BCUT2D eigenvalue weighted by atomic mass is 9.49. The average molecular weight is 423 g/mol. The number of hydrogen-bond donors (Lipinski definition) is 1. The lowest BCUT2D eigenvalue weighted by Crippen LogP contribution is -2.53. The SMILES string of the molecule is C[C@]12CC[C@@H]3[C@H]4CC[C@](O)(C(F)F)C[C@@H]4CC[C@H]3C1CC[C@@H]2C(=O)Cn1ncnn1. The summed E-state index contributed by atoms with van der Waals surface area (Å²) >= 11 is 0. The molecule has 8 atom stereocenters. The highest BCUT2D eigenvalue weighted by Gasteiger charge is 2.59. The number of ketones is 1. The predicted molar refractivity (Wildman–Crippen MR) is 104 cm³/mol. The van der Waals surface area contributed by atoms with Crippen LogP contribution in [0, 0.1) is 40.9 Å². The van der Waals surface area contributed by atoms with Gasteiger partial charge in [0.15, 0.2) is 12.1 Å². The summed E-state index contributed by atoms with van der Waals surface area (Å²) in [6, 6.07) is 0. The molecule has 8 heteroatoms. The second kappa shape index (κ2) is 7.31. The van der Waals surface area contributed by atoms with Crippen LogP contribution in [0.1, 0.15) is 64.7 Å². The van der Waals surface area contributed by atoms with Crippen molar-refractivity contribution in [1.29, 1.82) is 0 Å². The number of fused-ring (bicyclic) bond motifs is 5. The van der Waals surface area contributed by atoms with E-state index in [1.165, 1.54) is 11.1 Å². The fourth-order valence-electron chi connectivity index (χ4n) is 8.15. The van der Waals surface area contributed by atoms with Crippen LogP contribution in [0.25, 0.3) is 0 Å². The van der Waals surface area contributed by atoms with Crippen molar-refractivity contribution in [2.75, 3.05) is 0 Å². The molecule has 1 N–H and O–H groups in total. The van der Waals surface area contributed by atoms with E-state index < -0.39 is 12.0 Å². The van der Waals surface area contributed by atoms with Gasteiger partial charge < -0.3 is 5.11 Å². The van der Waals surface area contributed by atoms with Crippen molar-refractivity contribution in [3.63, 3.8) is 0 Å². The first-order chi connectivity index (χ1) is 14.3. The Hall–Kier alpha value is -1.44. The Balaban J connectivity index is 1.30. The van der Waals surface area contributed by atoms with Gasteiger partial charge >= 0.3 is 0 Å². The molecule has 0 spiro atoms. The molecule has 1 aromatic rings. The molecule has 5 rings (SSSR count). The molecule has 166 valence electrons. The molecule has 0 radical (unpaired) electrons. The van der Waals surface area contributed by atoms with Crippen LogP contribution in [0.4, 0.5) is 8.78 Å². The first-order valence-electron chi connectivity index (χ1n) is 11.6. The van der Waals surface area contributed by atoms with Gasteiger partial charge in [0.05, 0.1) is 0 Å². The van der Waals surface area contributed by atoms with E-state index in [1.807, 2.05) is 0 Å². The van der Waals surface area contributed by atoms with Crippen molar-refractivity contribution in [3.8, 4) is 0 Å². The van der Waals surface area contributed by atoms with Gasteiger partial charge in [0.2, 0.25) is 0 Å². The third kappa shape index (κ3) is 3.12. The summed E-state index contributed by atoms with van der Waals surface area (Å²) in [5.41, 5.74) is -1.76. The molecule has 1 unspecified atom stereocenters. The van der Waals surface area contributed by atoms with Crippen LogP contribution in [-0.4, -0.2) is 43.1 Å². The summed E-state index contributed by atoms with van der Waals surface area (Å²) < 4.78 is 26.8. The summed E-state index contributed by atoms with van der Waals surface area (Å²) in [6.07, 6.45) is 6.02. The third-order valence-electron chi connectivity index (χ3n) is 9.53. The molecule has 0 saturated heterocycles. The van der Waals surface area contributed by atoms with E-state index in [-0.39, 0.29) is 42.4 Å². The smallest absolute Gasteiger partial charge is 0.266 e. The van der Waals surface area contributed by atoms with Gasteiger partial charge in [0.1, 0.15) is 12.1 Å². The average Bonchev–Trinajstić information content (AvgIpc) is 3.34. The summed E-state index contributed by atoms with van der Waals surface area (Å²) in [5.74, 6) is 2.62. The Morgan fingerprint density at radius 3 is 2.67 bits per heavy atom. The molecular formula is C22H32F2N4O2. The number of Topliss-reactive ketones (excluding diaryl/α,β-unsaturated/α-hetero) is 1. The highest BCUT2D eigenvalue weighted by atomic mass is 19.3. The lowest BCUT2D eigenvalue weighted by molar-refractivity contribution is -0.160. The van der Waals surface area contributed by atoms with Gasteiger partial charge in [-0.25, -0.2) is 8.78 Å². The van der Waals surface area contributed by atoms with Gasteiger partial charge in [-0.1, -0.05) is 6.92 Å². The van der Waals surface area contributed by atoms with E-state index in [4.69, 9.17) is 0 Å². The van der Waals surface area contributed by atoms with Crippen LogP contribution < -0.4 is 0 Å². The van der Waals surface area contributed by atoms with Gasteiger partial charge in [-0.3, -0.25) is 4.79 Å². The highest BCUT2D eigenvalue weighted by Crippen LogP contribution is 2.64. The van der Waals surface area contributed by atoms with Crippen LogP contribution in [0.2, 0.25) is 0 Å². The minimum Gasteiger partial charge on any atom is -0.384 e. The maximum atomic E-state index is 13.4. The van der Waals surface area contributed by atoms with Gasteiger partial charge in [-0.05, 0) is 98.0 Å². The molecule has 4 aliphatic rings. The fourth-order valence-corrected chi connectivity index (χ4v) is 8.15. The van der Waals surface area contributed by atoms with Crippen molar-refractivity contribution in [3.05, 3.63) is 6.33 Å². The highest BCUT2D eigenvalue weighted by molar-refractivity contribution is 5.81. The molecule has 4 aliphatic carbocycles. The molecule has 30 heavy (non-hydrogen) atoms. The number of aliphatic hydroxyl groups is 1. The topological polar surface area (TPSA) is 80.9 Å². The number of hydrogen-bond acceptors (Lipinski definition) is 5. The number of rotatable bonds is 4. The van der Waals surface area contributed by atoms with Gasteiger partial charge in [0.25, 0.3) is 6.43 Å². The molecule has 6 nitrogen and oxygen atoms in total. The van der Waals surface area contributed by atoms with E-state index in [2.05, 4.69) is 22.3 Å². The van der Waals surface area contributed by atoms with Gasteiger partial charge in [-0.2, -0.15) is 4.80 Å². The number of halogens is 2. The Bertz CT molecular complexity index is 790. The Morgan fingerprint density at radius 1 is 1.13 bits per heavy atom. The molecular weight excluding hydrogens is 390 g/mol. The van der Waals surface area contributed by atoms with E-state index in [9.17, 15) is 18.7 Å². The summed E-state index contributed by atoms with van der Waals surface area (Å²) in [5, 5.41) is 21.9. The van der Waals surface area contributed by atoms with Crippen molar-refractivity contribution >= 4 is 5.78 Å². The van der Waals surface area contributed by atoms with Crippen LogP contribution >= 0.6 is 0 Å². The predicted octanol–water partition coefficient (Wildman–Crippen LogP) is 3.51. The Kier molecular flexibility index (Phi) is 4.99. The maximum absolute atomic E-state index is 13.4. The van der Waals surface area contributed by atoms with E-state index in [0.717, 1.165) is 44.9 Å². The van der Waals surface area contributed by atoms with Gasteiger partial charge in [0, 0.05) is 5.92 Å². The molecule has 1 heterocycles. The third-order valence-corrected chi connectivity index (χ3v) is 9.53. The van der Waals surface area contributed by atoms with Crippen molar-refractivity contribution < 1.29 is 18.7 Å². The first kappa shape index (κ1) is 20.5. The van der Waals surface area contributed by atoms with E-state index in [0.29, 0.717) is 23.7 Å². The van der Waals surface area contributed by atoms with Crippen LogP contribution in [0.3, 0.4) is 0 Å².